The number of H-pyrrole nitrogens is 1. The van der Waals surface area contributed by atoms with E-state index in [-0.39, 0.29) is 16.3 Å². The lowest BCUT2D eigenvalue weighted by Gasteiger charge is -2.14. The summed E-state index contributed by atoms with van der Waals surface area (Å²) in [6.07, 6.45) is 0.0967. The summed E-state index contributed by atoms with van der Waals surface area (Å²) >= 11 is 5.88. The number of nitrogens with two attached hydrogens (primary N) is 1. The number of imidazole rings is 1. The first-order valence-corrected chi connectivity index (χ1v) is 8.92. The molecule has 0 amide bonds. The van der Waals surface area contributed by atoms with Crippen LogP contribution in [-0.4, -0.2) is 47.5 Å². The van der Waals surface area contributed by atoms with Crippen molar-refractivity contribution in [1.82, 2.24) is 19.5 Å². The SMILES string of the molecule is Nc1nc(=S)c2ncn([C@H]3C[C@H](O)[C@@H](CSO[P+](=O)O)O3)c2[nH]1. The van der Waals surface area contributed by atoms with Crippen molar-refractivity contribution in [2.75, 3.05) is 11.5 Å². The molecule has 1 aliphatic heterocycles. The van der Waals surface area contributed by atoms with E-state index in [2.05, 4.69) is 18.9 Å². The summed E-state index contributed by atoms with van der Waals surface area (Å²) < 4.78 is 22.7. The Balaban J connectivity index is 1.78. The second-order valence-corrected chi connectivity index (χ2v) is 6.83. The number of anilines is 1. The molecule has 3 heterocycles. The Hall–Kier alpha value is -1.14. The molecule has 4 atom stereocenters. The minimum Gasteiger partial charge on any atom is -0.390 e. The fourth-order valence-electron chi connectivity index (χ4n) is 2.35. The zero-order valence-electron chi connectivity index (χ0n) is 11.5. The van der Waals surface area contributed by atoms with Crippen LogP contribution in [0.5, 0.6) is 0 Å². The van der Waals surface area contributed by atoms with Gasteiger partial charge in [-0.15, -0.1) is 4.89 Å². The molecule has 1 unspecified atom stereocenters. The lowest BCUT2D eigenvalue weighted by atomic mass is 10.2. The summed E-state index contributed by atoms with van der Waals surface area (Å²) in [4.78, 5) is 19.6. The average molecular weight is 378 g/mol. The molecule has 0 radical (unpaired) electrons. The van der Waals surface area contributed by atoms with Crippen LogP contribution in [0.1, 0.15) is 12.6 Å². The number of ether oxygens (including phenoxy) is 1. The molecule has 1 saturated heterocycles. The Kier molecular flexibility index (Phi) is 4.92. The molecule has 1 aliphatic rings. The average Bonchev–Trinajstić information content (AvgIpc) is 3.02. The molecule has 0 spiro atoms. The van der Waals surface area contributed by atoms with Gasteiger partial charge in [-0.2, -0.15) is 0 Å². The van der Waals surface area contributed by atoms with E-state index >= 15 is 0 Å². The molecule has 3 rings (SSSR count). The van der Waals surface area contributed by atoms with Gasteiger partial charge in [0.05, 0.1) is 36.3 Å². The van der Waals surface area contributed by atoms with Crippen LogP contribution in [0.25, 0.3) is 11.2 Å². The number of nitrogens with zero attached hydrogens (tertiary/aromatic N) is 3. The molecule has 13 heteroatoms. The highest BCUT2D eigenvalue weighted by Crippen LogP contribution is 2.34. The summed E-state index contributed by atoms with van der Waals surface area (Å²) in [7, 11) is -2.69. The number of fused-ring (bicyclic) bond motifs is 1. The first-order valence-electron chi connectivity index (χ1n) is 6.47. The van der Waals surface area contributed by atoms with Crippen LogP contribution in [0.15, 0.2) is 6.33 Å². The lowest BCUT2D eigenvalue weighted by Crippen LogP contribution is -2.23. The minimum atomic E-state index is -2.69. The number of hydrogen-bond acceptors (Lipinski definition) is 9. The van der Waals surface area contributed by atoms with E-state index in [9.17, 15) is 9.67 Å². The van der Waals surface area contributed by atoms with Gasteiger partial charge in [-0.25, -0.2) is 9.97 Å². The van der Waals surface area contributed by atoms with Crippen molar-refractivity contribution in [2.24, 2.45) is 0 Å². The van der Waals surface area contributed by atoms with E-state index in [4.69, 9.17) is 27.6 Å². The molecule has 0 saturated carbocycles. The van der Waals surface area contributed by atoms with Gasteiger partial charge in [0.1, 0.15) is 17.4 Å². The monoisotopic (exact) mass is 378 g/mol. The molecule has 0 bridgehead atoms. The maximum absolute atomic E-state index is 10.5. The first-order chi connectivity index (χ1) is 11.0. The Morgan fingerprint density at radius 2 is 2.48 bits per heavy atom. The molecule has 1 fully saturated rings. The highest BCUT2D eigenvalue weighted by molar-refractivity contribution is 7.97. The zero-order valence-corrected chi connectivity index (χ0v) is 14.1. The smallest absolute Gasteiger partial charge is 0.390 e. The lowest BCUT2D eigenvalue weighted by molar-refractivity contribution is -0.00403. The Morgan fingerprint density at radius 3 is 3.22 bits per heavy atom. The van der Waals surface area contributed by atoms with Crippen LogP contribution in [-0.2, 0) is 13.3 Å². The number of aliphatic hydroxyl groups is 1. The molecule has 2 aromatic heterocycles. The van der Waals surface area contributed by atoms with Gasteiger partial charge in [-0.1, -0.05) is 12.2 Å². The third-order valence-corrected chi connectivity index (χ3v) is 5.01. The third kappa shape index (κ3) is 3.53. The number of hydrogen-bond donors (Lipinski definition) is 4. The second kappa shape index (κ2) is 6.77. The largest absolute Gasteiger partial charge is 0.707 e. The van der Waals surface area contributed by atoms with Gasteiger partial charge in [0, 0.05) is 11.0 Å². The Morgan fingerprint density at radius 1 is 1.70 bits per heavy atom. The maximum atomic E-state index is 10.5. The molecule has 10 nitrogen and oxygen atoms in total. The van der Waals surface area contributed by atoms with Gasteiger partial charge >= 0.3 is 8.25 Å². The number of rotatable bonds is 5. The van der Waals surface area contributed by atoms with Crippen molar-refractivity contribution in [2.45, 2.75) is 24.9 Å². The van der Waals surface area contributed by atoms with E-state index < -0.39 is 26.7 Å². The normalized spacial score (nSPS) is 25.1. The predicted molar refractivity (Wildman–Crippen MR) is 85.0 cm³/mol. The summed E-state index contributed by atoms with van der Waals surface area (Å²) in [5.74, 6) is 0.376. The van der Waals surface area contributed by atoms with Gasteiger partial charge < -0.3 is 20.6 Å². The van der Waals surface area contributed by atoms with Crippen LogP contribution in [0.3, 0.4) is 0 Å². The topological polar surface area (TPSA) is 149 Å². The van der Waals surface area contributed by atoms with Crippen LogP contribution in [0, 0.1) is 4.64 Å². The molecule has 124 valence electrons. The Bertz CT molecular complexity index is 798. The van der Waals surface area contributed by atoms with Crippen molar-refractivity contribution in [1.29, 1.82) is 0 Å². The van der Waals surface area contributed by atoms with Crippen LogP contribution in [0.4, 0.5) is 5.95 Å². The molecule has 5 N–H and O–H groups in total. The third-order valence-electron chi connectivity index (χ3n) is 3.33. The standard InChI is InChI=1S/C10H12N5O5PS2/c11-10-13-8-7(9(22)14-10)12-3-15(8)6-1-4(16)5(19-6)2-23-20-21(17)18/h3-6,16H,1-2H2,(H3-,11,13,14,17,18,22)/p+1/t4-,5+,6+/m0/s1. The zero-order chi connectivity index (χ0) is 16.6. The highest BCUT2D eigenvalue weighted by Gasteiger charge is 2.36. The second-order valence-electron chi connectivity index (χ2n) is 4.81. The van der Waals surface area contributed by atoms with Crippen molar-refractivity contribution in [3.05, 3.63) is 11.0 Å². The summed E-state index contributed by atoms with van der Waals surface area (Å²) in [5.41, 5.74) is 6.71. The van der Waals surface area contributed by atoms with Crippen LogP contribution >= 0.6 is 32.5 Å². The van der Waals surface area contributed by atoms with Crippen LogP contribution in [0.2, 0.25) is 0 Å². The molecule has 0 aromatic carbocycles. The van der Waals surface area contributed by atoms with Crippen molar-refractivity contribution >= 4 is 49.6 Å². The fourth-order valence-corrected chi connectivity index (χ4v) is 3.64. The van der Waals surface area contributed by atoms with Crippen LogP contribution < -0.4 is 5.73 Å². The van der Waals surface area contributed by atoms with Gasteiger partial charge in [-0.05, 0) is 3.97 Å². The van der Waals surface area contributed by atoms with Gasteiger partial charge in [0.15, 0.2) is 10.6 Å². The van der Waals surface area contributed by atoms with E-state index in [1.165, 1.54) is 6.33 Å². The molecular weight excluding hydrogens is 365 g/mol. The molecule has 2 aromatic rings. The van der Waals surface area contributed by atoms with E-state index in [1.54, 1.807) is 4.57 Å². The first kappa shape index (κ1) is 16.7. The van der Waals surface area contributed by atoms with E-state index in [1.807, 2.05) is 0 Å². The fraction of sp³-hybridized carbons (Fsp3) is 0.500. The summed E-state index contributed by atoms with van der Waals surface area (Å²) in [6, 6.07) is 0. The maximum Gasteiger partial charge on any atom is 0.707 e. The number of aromatic nitrogens is 4. The number of nitrogen functional groups attached to an aromatic ring is 1. The van der Waals surface area contributed by atoms with Gasteiger partial charge in [-0.3, -0.25) is 4.57 Å². The molecule has 23 heavy (non-hydrogen) atoms. The number of aliphatic hydroxyl groups excluding tert-OH is 1. The molecule has 0 aliphatic carbocycles. The van der Waals surface area contributed by atoms with E-state index in [0.29, 0.717) is 17.6 Å². The van der Waals surface area contributed by atoms with Gasteiger partial charge in [0.2, 0.25) is 0 Å². The van der Waals surface area contributed by atoms with Crippen molar-refractivity contribution in [3.63, 3.8) is 0 Å². The number of nitrogens with one attached hydrogen (secondary N) is 1. The van der Waals surface area contributed by atoms with Crippen molar-refractivity contribution in [3.8, 4) is 0 Å². The number of aromatic amines is 1. The summed E-state index contributed by atoms with van der Waals surface area (Å²) in [6.45, 7) is 0. The predicted octanol–water partition coefficient (Wildman–Crippen LogP) is 1.03. The highest BCUT2D eigenvalue weighted by atomic mass is 32.2. The Labute approximate surface area is 140 Å². The molecular formula is C10H13N5O5PS2+. The quantitative estimate of drug-likeness (QED) is 0.338. The van der Waals surface area contributed by atoms with Gasteiger partial charge in [0.25, 0.3) is 0 Å². The minimum absolute atomic E-state index is 0.162. The summed E-state index contributed by atoms with van der Waals surface area (Å²) in [5, 5.41) is 10.1. The van der Waals surface area contributed by atoms with E-state index in [0.717, 1.165) is 12.0 Å². The van der Waals surface area contributed by atoms with Crippen molar-refractivity contribution < 1.29 is 23.3 Å².